The Kier molecular flexibility index (Phi) is 3.29. The highest BCUT2D eigenvalue weighted by Crippen LogP contribution is 2.30. The molecule has 0 radical (unpaired) electrons. The molecular formula is C10H12N4O4. The van der Waals surface area contributed by atoms with Crippen LogP contribution in [0, 0.1) is 6.57 Å². The van der Waals surface area contributed by atoms with E-state index in [1.165, 1.54) is 12.3 Å². The molecule has 2 rings (SSSR count). The van der Waals surface area contributed by atoms with Gasteiger partial charge in [0.1, 0.15) is 11.9 Å². The quantitative estimate of drug-likeness (QED) is 0.544. The van der Waals surface area contributed by atoms with E-state index in [9.17, 15) is 9.90 Å². The summed E-state index contributed by atoms with van der Waals surface area (Å²) in [6.45, 7) is 6.60. The van der Waals surface area contributed by atoms with Gasteiger partial charge >= 0.3 is 5.69 Å². The highest BCUT2D eigenvalue weighted by Gasteiger charge is 2.49. The molecule has 0 saturated carbocycles. The lowest BCUT2D eigenvalue weighted by molar-refractivity contribution is -0.0460. The molecule has 0 amide bonds. The molecule has 1 aromatic heterocycles. The maximum atomic E-state index is 11.6. The number of aliphatic hydroxyl groups excluding tert-OH is 2. The first-order valence-corrected chi connectivity index (χ1v) is 5.24. The highest BCUT2D eigenvalue weighted by atomic mass is 16.5. The van der Waals surface area contributed by atoms with Crippen molar-refractivity contribution >= 4 is 5.82 Å². The van der Waals surface area contributed by atoms with Crippen molar-refractivity contribution in [2.75, 3.05) is 12.3 Å². The number of rotatable bonds is 2. The van der Waals surface area contributed by atoms with Crippen molar-refractivity contribution in [3.8, 4) is 0 Å². The molecule has 4 N–H and O–H groups in total. The van der Waals surface area contributed by atoms with Crippen molar-refractivity contribution in [2.24, 2.45) is 0 Å². The predicted octanol–water partition coefficient (Wildman–Crippen LogP) is -1.64. The summed E-state index contributed by atoms with van der Waals surface area (Å²) in [7, 11) is 0. The third-order valence-electron chi connectivity index (χ3n) is 2.79. The number of anilines is 1. The van der Waals surface area contributed by atoms with Crippen molar-refractivity contribution in [1.29, 1.82) is 0 Å². The van der Waals surface area contributed by atoms with E-state index in [1.54, 1.807) is 0 Å². The Balaban J connectivity index is 2.39. The fourth-order valence-corrected chi connectivity index (χ4v) is 1.87. The van der Waals surface area contributed by atoms with E-state index in [-0.39, 0.29) is 5.82 Å². The van der Waals surface area contributed by atoms with E-state index in [0.717, 1.165) is 4.57 Å². The van der Waals surface area contributed by atoms with E-state index >= 15 is 0 Å². The highest BCUT2D eigenvalue weighted by molar-refractivity contribution is 5.23. The molecule has 0 bridgehead atoms. The summed E-state index contributed by atoms with van der Waals surface area (Å²) in [4.78, 5) is 18.4. The number of hydrogen-bond donors (Lipinski definition) is 3. The van der Waals surface area contributed by atoms with Gasteiger partial charge in [-0.3, -0.25) is 4.57 Å². The molecule has 2 heterocycles. The Morgan fingerprint density at radius 3 is 2.94 bits per heavy atom. The van der Waals surface area contributed by atoms with Crippen LogP contribution >= 0.6 is 0 Å². The maximum absolute atomic E-state index is 11.6. The van der Waals surface area contributed by atoms with Crippen molar-refractivity contribution in [3.63, 3.8) is 0 Å². The first-order valence-electron chi connectivity index (χ1n) is 5.24. The van der Waals surface area contributed by atoms with Crippen LogP contribution < -0.4 is 11.4 Å². The molecule has 96 valence electrons. The Labute approximate surface area is 102 Å². The minimum Gasteiger partial charge on any atom is -0.394 e. The molecule has 4 atom stereocenters. The minimum atomic E-state index is -1.15. The number of nitrogens with zero attached hydrogens (tertiary/aromatic N) is 3. The van der Waals surface area contributed by atoms with Crippen LogP contribution in [-0.4, -0.2) is 44.6 Å². The minimum absolute atomic E-state index is 0.0628. The molecule has 1 aliphatic rings. The molecule has 8 heteroatoms. The van der Waals surface area contributed by atoms with Crippen LogP contribution in [0.1, 0.15) is 6.23 Å². The first kappa shape index (κ1) is 12.5. The van der Waals surface area contributed by atoms with Gasteiger partial charge in [0.15, 0.2) is 6.10 Å². The monoisotopic (exact) mass is 252 g/mol. The van der Waals surface area contributed by atoms with Crippen LogP contribution in [0.5, 0.6) is 0 Å². The number of aliphatic hydroxyl groups is 2. The molecule has 8 nitrogen and oxygen atoms in total. The van der Waals surface area contributed by atoms with E-state index in [1.807, 2.05) is 0 Å². The maximum Gasteiger partial charge on any atom is 0.351 e. The molecule has 1 aliphatic heterocycles. The summed E-state index contributed by atoms with van der Waals surface area (Å²) >= 11 is 0. The standard InChI is InChI=1S/C10H12N4O4/c1-12-7-8(16)5(4-15)18-9(7)14-3-2-6(11)13-10(14)17/h2-3,5,7-9,15-16H,4H2,(H2,11,13,17)/t5-,7-,8-,9-/m1/s1. The van der Waals surface area contributed by atoms with Gasteiger partial charge in [0.2, 0.25) is 6.23 Å². The van der Waals surface area contributed by atoms with Gasteiger partial charge in [-0.1, -0.05) is 0 Å². The number of ether oxygens (including phenoxy) is 1. The van der Waals surface area contributed by atoms with Crippen LogP contribution in [0.4, 0.5) is 5.82 Å². The SMILES string of the molecule is [C-]#[N+][C@@H]1[C@H](O)[C@@H](CO)O[C@H]1n1ccc(N)nc1=O. The van der Waals surface area contributed by atoms with Crippen LogP contribution in [0.15, 0.2) is 17.1 Å². The van der Waals surface area contributed by atoms with Gasteiger partial charge in [0.05, 0.1) is 6.61 Å². The zero-order valence-electron chi connectivity index (χ0n) is 9.30. The van der Waals surface area contributed by atoms with Gasteiger partial charge in [-0.25, -0.2) is 11.4 Å². The Bertz CT molecular complexity index is 537. The molecule has 0 aromatic carbocycles. The average Bonchev–Trinajstić information content (AvgIpc) is 2.65. The lowest BCUT2D eigenvalue weighted by Crippen LogP contribution is -2.34. The zero-order valence-corrected chi connectivity index (χ0v) is 9.30. The van der Waals surface area contributed by atoms with E-state index in [0.29, 0.717) is 0 Å². The summed E-state index contributed by atoms with van der Waals surface area (Å²) in [6.07, 6.45) is -1.67. The molecular weight excluding hydrogens is 240 g/mol. The van der Waals surface area contributed by atoms with Crippen LogP contribution in [0.2, 0.25) is 0 Å². The summed E-state index contributed by atoms with van der Waals surface area (Å²) in [5.41, 5.74) is 4.69. The van der Waals surface area contributed by atoms with E-state index in [2.05, 4.69) is 9.83 Å². The van der Waals surface area contributed by atoms with Crippen LogP contribution in [0.3, 0.4) is 0 Å². The van der Waals surface area contributed by atoms with Gasteiger partial charge in [-0.2, -0.15) is 4.98 Å². The molecule has 0 unspecified atom stereocenters. The average molecular weight is 252 g/mol. The fourth-order valence-electron chi connectivity index (χ4n) is 1.87. The molecule has 18 heavy (non-hydrogen) atoms. The van der Waals surface area contributed by atoms with E-state index < -0.39 is 36.8 Å². The zero-order chi connectivity index (χ0) is 13.3. The van der Waals surface area contributed by atoms with Crippen molar-refractivity contribution in [2.45, 2.75) is 24.5 Å². The second-order valence-corrected chi connectivity index (χ2v) is 3.90. The largest absolute Gasteiger partial charge is 0.394 e. The summed E-state index contributed by atoms with van der Waals surface area (Å²) in [6, 6.07) is 0.426. The first-order chi connectivity index (χ1) is 8.58. The smallest absolute Gasteiger partial charge is 0.351 e. The molecule has 0 spiro atoms. The van der Waals surface area contributed by atoms with Crippen molar-refractivity contribution < 1.29 is 14.9 Å². The molecule has 0 aliphatic carbocycles. The van der Waals surface area contributed by atoms with Crippen LogP contribution in [-0.2, 0) is 4.74 Å². The lowest BCUT2D eigenvalue weighted by Gasteiger charge is -2.13. The Hall–Kier alpha value is -1.95. The lowest BCUT2D eigenvalue weighted by atomic mass is 10.1. The third-order valence-corrected chi connectivity index (χ3v) is 2.79. The molecule has 1 saturated heterocycles. The molecule has 1 fully saturated rings. The van der Waals surface area contributed by atoms with Gasteiger partial charge < -0.3 is 25.5 Å². The number of nitrogens with two attached hydrogens (primary N) is 1. The predicted molar refractivity (Wildman–Crippen MR) is 60.3 cm³/mol. The van der Waals surface area contributed by atoms with Gasteiger partial charge in [-0.05, 0) is 6.07 Å². The fraction of sp³-hybridized carbons (Fsp3) is 0.500. The Morgan fingerprint density at radius 2 is 2.39 bits per heavy atom. The van der Waals surface area contributed by atoms with Crippen molar-refractivity contribution in [1.82, 2.24) is 9.55 Å². The van der Waals surface area contributed by atoms with E-state index in [4.69, 9.17) is 22.1 Å². The summed E-state index contributed by atoms with van der Waals surface area (Å²) in [5.74, 6) is 0.0628. The van der Waals surface area contributed by atoms with Crippen molar-refractivity contribution in [3.05, 3.63) is 34.2 Å². The normalized spacial score (nSPS) is 31.2. The molecule has 1 aromatic rings. The van der Waals surface area contributed by atoms with Gasteiger partial charge in [0, 0.05) is 6.20 Å². The van der Waals surface area contributed by atoms with Gasteiger partial charge in [0.25, 0.3) is 6.04 Å². The number of nitrogen functional groups attached to an aromatic ring is 1. The number of hydrogen-bond acceptors (Lipinski definition) is 6. The second-order valence-electron chi connectivity index (χ2n) is 3.90. The topological polar surface area (TPSA) is 115 Å². The number of aromatic nitrogens is 2. The Morgan fingerprint density at radius 1 is 1.67 bits per heavy atom. The van der Waals surface area contributed by atoms with Gasteiger partial charge in [-0.15, -0.1) is 0 Å². The summed E-state index contributed by atoms with van der Waals surface area (Å²) in [5, 5.41) is 18.8. The van der Waals surface area contributed by atoms with Crippen LogP contribution in [0.25, 0.3) is 4.85 Å². The third kappa shape index (κ3) is 1.95. The summed E-state index contributed by atoms with van der Waals surface area (Å²) < 4.78 is 6.38. The second kappa shape index (κ2) is 4.73.